The summed E-state index contributed by atoms with van der Waals surface area (Å²) >= 11 is 0. The summed E-state index contributed by atoms with van der Waals surface area (Å²) in [6.07, 6.45) is -92.4. The topological polar surface area (TPSA) is 827 Å². The van der Waals surface area contributed by atoms with Crippen LogP contribution in [0.15, 0.2) is 0 Å². The molecule has 716 valence electrons. The Balaban J connectivity index is 0.967. The van der Waals surface area contributed by atoms with Gasteiger partial charge in [-0.15, -0.1) is 0 Å². The van der Waals surface area contributed by atoms with Crippen molar-refractivity contribution in [3.8, 4) is 0 Å². The summed E-state index contributed by atoms with van der Waals surface area (Å²) in [6, 6.07) is -9.38. The molecule has 0 aromatic rings. The molecule has 10 aliphatic rings. The maximum Gasteiger partial charge on any atom is 0.217 e. The van der Waals surface area contributed by atoms with Gasteiger partial charge in [-0.1, -0.05) is 0 Å². The lowest BCUT2D eigenvalue weighted by Gasteiger charge is -2.52. The number of carbonyl (C=O) groups is 5. The van der Waals surface area contributed by atoms with Crippen LogP contribution in [-0.4, -0.2) is 517 Å². The number of amides is 5. The standard InChI is InChI=1S/C70H117N5O49/c1-16-36(88)48(100)50(102)66(107-16)123-59-57(121-63-32(72-19(4)84)43(95)38(90)23(8-76)110-63)40(92)25(10-78)112-69(59)118-54-28(13-81)114-62(34(46(54)98)74-21(6)86)106-15-30-42(94)56(52(104)68(116-30)117-53-27(12-80)109-61(105)31(45(53)97)71-18(3)83)120-65-35(75-22(7)87)47(99)55(29(14-82)115-65)119-70-60(124-67-51(103)49(101)37(89)17(2)108-67)58(41(93)26(11-79)113-70)122-64-33(73-20(5)85)44(96)39(91)24(9-77)111-64/h16-17,23-70,76-82,88-105H,8-15H2,1-7H3,(H,71,83)(H,72,84)(H,73,85)(H,74,86)(H,75,87)/t16-,17-,23+,24+,25+,26+,27+,28+,29+,30+,31+,32+,33+,34+,35+,36+,37+,38-,39-,40-,41-,42-,43+,44+,45+,46+,47+,48+,49+,50-,51-,52+,53+,54+,55+,56-,57-,58-,59+,60+,61?,62+,63+,64+,65-,66-,67-,68-,69-,70-/m0/s1. The molecule has 0 bridgehead atoms. The number of hydrogen-bond acceptors (Lipinski definition) is 49. The Kier molecular flexibility index (Phi) is 36.3. The lowest BCUT2D eigenvalue weighted by Crippen LogP contribution is -2.71. The molecule has 10 saturated heterocycles. The average molecular weight is 1810 g/mol. The summed E-state index contributed by atoms with van der Waals surface area (Å²) in [6.45, 7) is -1.76. The second-order valence-corrected chi connectivity index (χ2v) is 31.7. The van der Waals surface area contributed by atoms with Crippen molar-refractivity contribution >= 4 is 29.5 Å². The first-order chi connectivity index (χ1) is 58.6. The minimum Gasteiger partial charge on any atom is -0.394 e. The summed E-state index contributed by atoms with van der Waals surface area (Å²) in [5, 5.41) is 294. The normalized spacial score (nSPS) is 49.0. The number of aliphatic hydroxyl groups is 25. The van der Waals surface area contributed by atoms with Gasteiger partial charge < -0.3 is 244 Å². The van der Waals surface area contributed by atoms with E-state index in [4.69, 9.17) is 90.0 Å². The van der Waals surface area contributed by atoms with Crippen LogP contribution in [0, 0.1) is 0 Å². The summed E-state index contributed by atoms with van der Waals surface area (Å²) in [7, 11) is 0. The lowest BCUT2D eigenvalue weighted by molar-refractivity contribution is -0.403. The minimum absolute atomic E-state index is 0.850. The first-order valence-corrected chi connectivity index (χ1v) is 39.8. The van der Waals surface area contributed by atoms with Gasteiger partial charge in [0.05, 0.1) is 65.1 Å². The predicted octanol–water partition coefficient (Wildman–Crippen LogP) is -20.0. The Hall–Kier alpha value is -4.41. The van der Waals surface area contributed by atoms with Crippen molar-refractivity contribution in [2.24, 2.45) is 0 Å². The zero-order valence-corrected chi connectivity index (χ0v) is 67.5. The Morgan fingerprint density at radius 3 is 0.855 bits per heavy atom. The molecule has 0 aliphatic carbocycles. The molecule has 30 N–H and O–H groups in total. The molecule has 10 heterocycles. The van der Waals surface area contributed by atoms with Crippen LogP contribution in [0.1, 0.15) is 48.5 Å². The zero-order chi connectivity index (χ0) is 91.4. The van der Waals surface area contributed by atoms with Crippen molar-refractivity contribution in [2.45, 2.75) is 355 Å². The van der Waals surface area contributed by atoms with Gasteiger partial charge in [0.25, 0.3) is 0 Å². The highest BCUT2D eigenvalue weighted by Crippen LogP contribution is 2.42. The second-order valence-electron chi connectivity index (χ2n) is 31.7. The predicted molar refractivity (Wildman–Crippen MR) is 385 cm³/mol. The van der Waals surface area contributed by atoms with Gasteiger partial charge in [0.15, 0.2) is 62.9 Å². The van der Waals surface area contributed by atoms with Crippen LogP contribution >= 0.6 is 0 Å². The molecule has 10 fully saturated rings. The van der Waals surface area contributed by atoms with Crippen LogP contribution < -0.4 is 26.6 Å². The largest absolute Gasteiger partial charge is 0.394 e. The third-order valence-electron chi connectivity index (χ3n) is 22.8. The first kappa shape index (κ1) is 102. The highest BCUT2D eigenvalue weighted by molar-refractivity contribution is 5.75. The summed E-state index contributed by atoms with van der Waals surface area (Å²) in [4.78, 5) is 64.3. The van der Waals surface area contributed by atoms with E-state index in [0.717, 1.165) is 34.6 Å². The van der Waals surface area contributed by atoms with Crippen LogP contribution in [0.2, 0.25) is 0 Å². The van der Waals surface area contributed by atoms with Crippen LogP contribution in [-0.2, 0) is 114 Å². The van der Waals surface area contributed by atoms with E-state index in [-0.39, 0.29) is 0 Å². The van der Waals surface area contributed by atoms with E-state index in [0.29, 0.717) is 0 Å². The molecule has 0 aromatic heterocycles. The maximum absolute atomic E-state index is 13.4. The molecule has 0 aromatic carbocycles. The van der Waals surface area contributed by atoms with Crippen molar-refractivity contribution in [3.63, 3.8) is 0 Å². The minimum atomic E-state index is -2.49. The summed E-state index contributed by atoms with van der Waals surface area (Å²) in [5.74, 6) is -4.57. The van der Waals surface area contributed by atoms with Crippen molar-refractivity contribution in [3.05, 3.63) is 0 Å². The van der Waals surface area contributed by atoms with Gasteiger partial charge in [0, 0.05) is 34.6 Å². The second kappa shape index (κ2) is 44.2. The van der Waals surface area contributed by atoms with E-state index in [1.807, 2.05) is 0 Å². The van der Waals surface area contributed by atoms with Crippen LogP contribution in [0.4, 0.5) is 0 Å². The molecule has 0 spiro atoms. The Bertz CT molecular complexity index is 3400. The zero-order valence-electron chi connectivity index (χ0n) is 67.5. The number of ether oxygens (including phenoxy) is 19. The van der Waals surface area contributed by atoms with Gasteiger partial charge in [-0.2, -0.15) is 0 Å². The molecule has 0 saturated carbocycles. The maximum atomic E-state index is 13.4. The molecular weight excluding hydrogens is 1690 g/mol. The van der Waals surface area contributed by atoms with E-state index in [1.54, 1.807) is 0 Å². The SMILES string of the molecule is CC(=O)N[C@H]1[C@H](OC[C@H]2O[C@@H](O[C@H]3[C@H](O)[C@@H](NC(C)=O)C(O)O[C@@H]3CO)[C@H](O)[C@@H](O[C@@H]3O[C@H](CO)[C@@H](O[C@@H]4O[C@H](CO)[C@H](O)[C@H](O[C@H]5O[C@H](CO)[C@H](O)[C@H](O)[C@H]5NC(C)=O)[C@H]4O[C@@H]4O[C@@H](C)[C@@H](O)[C@@H](O)[C@@H]4O)[C@H](O)[C@H]3NC(C)=O)[C@H]2O)O[C@H](CO)[C@@H](O[C@@H]2O[C@H](CO)[C@H](O)[C@H](O[C@H]3O[C@H](CO)[C@H](O)[C@H](O)[C@H]3NC(C)=O)[C@H]2O[C@@H]2O[C@@H](C)[C@@H](O)[C@@H](O)[C@@H]2O)[C@@H]1O. The Labute approximate surface area is 703 Å². The number of hydrogen-bond donors (Lipinski definition) is 30. The van der Waals surface area contributed by atoms with Crippen molar-refractivity contribution in [1.82, 2.24) is 26.6 Å². The summed E-state index contributed by atoms with van der Waals surface area (Å²) < 4.78 is 115. The van der Waals surface area contributed by atoms with Crippen LogP contribution in [0.3, 0.4) is 0 Å². The fraction of sp³-hybridized carbons (Fsp3) is 0.929. The van der Waals surface area contributed by atoms with E-state index in [1.165, 1.54) is 13.8 Å². The fourth-order valence-corrected chi connectivity index (χ4v) is 16.2. The fourth-order valence-electron chi connectivity index (χ4n) is 16.2. The quantitative estimate of drug-likeness (QED) is 0.0306. The van der Waals surface area contributed by atoms with Gasteiger partial charge in [-0.25, -0.2) is 0 Å². The van der Waals surface area contributed by atoms with Gasteiger partial charge in [-0.05, 0) is 13.8 Å². The molecule has 124 heavy (non-hydrogen) atoms. The highest BCUT2D eigenvalue weighted by Gasteiger charge is 2.63. The smallest absolute Gasteiger partial charge is 0.217 e. The van der Waals surface area contributed by atoms with Crippen molar-refractivity contribution in [2.75, 3.05) is 52.9 Å². The number of aliphatic hydroxyl groups excluding tert-OH is 25. The number of rotatable bonds is 31. The summed E-state index contributed by atoms with van der Waals surface area (Å²) in [5.41, 5.74) is 0. The molecule has 5 amide bonds. The van der Waals surface area contributed by atoms with E-state index < -0.39 is 389 Å². The molecular formula is C70H117N5O49. The molecule has 54 heteroatoms. The first-order valence-electron chi connectivity index (χ1n) is 39.8. The molecule has 0 radical (unpaired) electrons. The third kappa shape index (κ3) is 22.5. The molecule has 10 aliphatic heterocycles. The van der Waals surface area contributed by atoms with E-state index in [2.05, 4.69) is 26.6 Å². The number of carbonyl (C=O) groups excluding carboxylic acids is 5. The Morgan fingerprint density at radius 1 is 0.226 bits per heavy atom. The molecule has 54 nitrogen and oxygen atoms in total. The lowest BCUT2D eigenvalue weighted by atomic mass is 9.93. The highest BCUT2D eigenvalue weighted by atomic mass is 16.8. The number of nitrogens with one attached hydrogen (secondary N) is 5. The van der Waals surface area contributed by atoms with Crippen molar-refractivity contribution in [1.29, 1.82) is 0 Å². The van der Waals surface area contributed by atoms with Gasteiger partial charge in [0.1, 0.15) is 232 Å². The Morgan fingerprint density at radius 2 is 0.484 bits per heavy atom. The van der Waals surface area contributed by atoms with E-state index in [9.17, 15) is 152 Å². The molecule has 10 rings (SSSR count). The molecule has 1 unspecified atom stereocenters. The van der Waals surface area contributed by atoms with E-state index >= 15 is 0 Å². The monoisotopic (exact) mass is 1810 g/mol. The van der Waals surface area contributed by atoms with Gasteiger partial charge in [-0.3, -0.25) is 24.0 Å². The van der Waals surface area contributed by atoms with Crippen molar-refractivity contribution < 1.29 is 242 Å². The average Bonchev–Trinajstić information content (AvgIpc) is 0.763. The van der Waals surface area contributed by atoms with Crippen LogP contribution in [0.5, 0.6) is 0 Å². The van der Waals surface area contributed by atoms with Crippen LogP contribution in [0.25, 0.3) is 0 Å². The molecule has 50 atom stereocenters. The third-order valence-corrected chi connectivity index (χ3v) is 22.8. The van der Waals surface area contributed by atoms with Gasteiger partial charge >= 0.3 is 0 Å². The van der Waals surface area contributed by atoms with Gasteiger partial charge in [0.2, 0.25) is 29.5 Å².